The fourth-order valence-corrected chi connectivity index (χ4v) is 5.21. The van der Waals surface area contributed by atoms with Crippen molar-refractivity contribution in [3.8, 4) is 0 Å². The number of rotatable bonds is 6. The molecular formula is C17H27N3OS2. The smallest absolute Gasteiger partial charge is 0.221 e. The normalized spacial score (nSPS) is 22.9. The van der Waals surface area contributed by atoms with Crippen LogP contribution in [0.2, 0.25) is 0 Å². The predicted octanol–water partition coefficient (Wildman–Crippen LogP) is 2.94. The predicted molar refractivity (Wildman–Crippen MR) is 98.4 cm³/mol. The molecule has 1 aliphatic heterocycles. The average molecular weight is 354 g/mol. The van der Waals surface area contributed by atoms with E-state index in [4.69, 9.17) is 4.98 Å². The van der Waals surface area contributed by atoms with Crippen molar-refractivity contribution in [2.45, 2.75) is 56.9 Å². The maximum Gasteiger partial charge on any atom is 0.221 e. The molecule has 2 N–H and O–H groups in total. The largest absolute Gasteiger partial charge is 0.356 e. The van der Waals surface area contributed by atoms with E-state index in [1.807, 2.05) is 11.8 Å². The highest BCUT2D eigenvalue weighted by molar-refractivity contribution is 7.99. The number of hydrogen-bond donors (Lipinski definition) is 2. The zero-order chi connectivity index (χ0) is 15.9. The highest BCUT2D eigenvalue weighted by Gasteiger charge is 2.19. The van der Waals surface area contributed by atoms with Gasteiger partial charge < -0.3 is 10.6 Å². The lowest BCUT2D eigenvalue weighted by Gasteiger charge is -2.22. The summed E-state index contributed by atoms with van der Waals surface area (Å²) < 4.78 is 0. The lowest BCUT2D eigenvalue weighted by Crippen LogP contribution is -2.41. The Kier molecular flexibility index (Phi) is 6.78. The van der Waals surface area contributed by atoms with Crippen LogP contribution in [0.25, 0.3) is 0 Å². The van der Waals surface area contributed by atoms with Gasteiger partial charge >= 0.3 is 0 Å². The molecule has 2 heterocycles. The summed E-state index contributed by atoms with van der Waals surface area (Å²) in [6, 6.07) is 0.339. The van der Waals surface area contributed by atoms with Crippen LogP contribution >= 0.6 is 23.1 Å². The van der Waals surface area contributed by atoms with E-state index >= 15 is 0 Å². The fraction of sp³-hybridized carbons (Fsp3) is 0.765. The van der Waals surface area contributed by atoms with Crippen LogP contribution in [-0.2, 0) is 11.2 Å². The van der Waals surface area contributed by atoms with Crippen molar-refractivity contribution < 1.29 is 4.79 Å². The van der Waals surface area contributed by atoms with Crippen molar-refractivity contribution in [3.63, 3.8) is 0 Å². The van der Waals surface area contributed by atoms with Gasteiger partial charge in [-0.2, -0.15) is 11.8 Å². The third-order valence-electron chi connectivity index (χ3n) is 4.68. The number of nitrogens with one attached hydrogen (secondary N) is 2. The molecule has 1 aromatic heterocycles. The lowest BCUT2D eigenvalue weighted by atomic mass is 9.87. The standard InChI is InChI=1S/C17H27N3OS2/c21-16(10-14-11-22-9-8-18-14)19-7-6-17-20-15(12-23-17)13-4-2-1-3-5-13/h12-14,18H,1-11H2,(H,19,21). The Morgan fingerprint density at radius 2 is 2.22 bits per heavy atom. The van der Waals surface area contributed by atoms with E-state index in [1.54, 1.807) is 11.3 Å². The van der Waals surface area contributed by atoms with Crippen molar-refractivity contribution in [1.82, 2.24) is 15.6 Å². The number of thiazole rings is 1. The van der Waals surface area contributed by atoms with Crippen molar-refractivity contribution in [2.75, 3.05) is 24.6 Å². The maximum absolute atomic E-state index is 12.0. The SMILES string of the molecule is O=C(CC1CSCCN1)NCCc1nc(C2CCCCC2)cs1. The Hall–Kier alpha value is -0.590. The quantitative estimate of drug-likeness (QED) is 0.826. The van der Waals surface area contributed by atoms with Crippen LogP contribution in [0.3, 0.4) is 0 Å². The van der Waals surface area contributed by atoms with Gasteiger partial charge in [-0.15, -0.1) is 11.3 Å². The molecule has 1 atom stereocenters. The minimum atomic E-state index is 0.161. The number of carbonyl (C=O) groups is 1. The van der Waals surface area contributed by atoms with Crippen molar-refractivity contribution in [3.05, 3.63) is 16.1 Å². The van der Waals surface area contributed by atoms with Crippen LogP contribution in [-0.4, -0.2) is 41.5 Å². The van der Waals surface area contributed by atoms with Gasteiger partial charge in [-0.3, -0.25) is 4.79 Å². The third-order valence-corrected chi connectivity index (χ3v) is 6.74. The van der Waals surface area contributed by atoms with E-state index < -0.39 is 0 Å². The molecule has 3 rings (SSSR count). The summed E-state index contributed by atoms with van der Waals surface area (Å²) in [4.78, 5) is 16.8. The molecule has 2 aliphatic rings. The van der Waals surface area contributed by atoms with Gasteiger partial charge in [-0.1, -0.05) is 19.3 Å². The Labute approximate surface area is 147 Å². The molecular weight excluding hydrogens is 326 g/mol. The number of aromatic nitrogens is 1. The molecule has 0 bridgehead atoms. The molecule has 0 aromatic carbocycles. The first kappa shape index (κ1) is 17.2. The van der Waals surface area contributed by atoms with Crippen LogP contribution in [0.15, 0.2) is 5.38 Å². The molecule has 0 radical (unpaired) electrons. The average Bonchev–Trinajstić information content (AvgIpc) is 3.05. The van der Waals surface area contributed by atoms with Gasteiger partial charge in [0, 0.05) is 54.8 Å². The highest BCUT2D eigenvalue weighted by Crippen LogP contribution is 2.33. The van der Waals surface area contributed by atoms with Gasteiger partial charge in [0.15, 0.2) is 0 Å². The van der Waals surface area contributed by atoms with E-state index in [1.165, 1.54) is 37.8 Å². The number of nitrogens with zero attached hydrogens (tertiary/aromatic N) is 1. The molecule has 2 fully saturated rings. The molecule has 1 aliphatic carbocycles. The molecule has 1 aromatic rings. The molecule has 0 spiro atoms. The Morgan fingerprint density at radius 3 is 3.00 bits per heavy atom. The fourth-order valence-electron chi connectivity index (χ4n) is 3.38. The van der Waals surface area contributed by atoms with Crippen LogP contribution < -0.4 is 10.6 Å². The van der Waals surface area contributed by atoms with E-state index in [-0.39, 0.29) is 5.91 Å². The summed E-state index contributed by atoms with van der Waals surface area (Å²) in [7, 11) is 0. The van der Waals surface area contributed by atoms with Gasteiger partial charge in [0.1, 0.15) is 0 Å². The maximum atomic E-state index is 12.0. The second kappa shape index (κ2) is 9.04. The van der Waals surface area contributed by atoms with Gasteiger partial charge in [-0.25, -0.2) is 4.98 Å². The molecule has 1 saturated carbocycles. The van der Waals surface area contributed by atoms with Crippen LogP contribution in [0.1, 0.15) is 55.1 Å². The molecule has 23 heavy (non-hydrogen) atoms. The third kappa shape index (κ3) is 5.47. The minimum Gasteiger partial charge on any atom is -0.356 e. The summed E-state index contributed by atoms with van der Waals surface area (Å²) in [5.41, 5.74) is 1.29. The van der Waals surface area contributed by atoms with E-state index in [0.717, 1.165) is 29.5 Å². The van der Waals surface area contributed by atoms with Crippen molar-refractivity contribution in [2.24, 2.45) is 0 Å². The van der Waals surface area contributed by atoms with Crippen LogP contribution in [0.4, 0.5) is 0 Å². The summed E-state index contributed by atoms with van der Waals surface area (Å²) in [6.07, 6.45) is 8.13. The van der Waals surface area contributed by atoms with Gasteiger partial charge in [0.2, 0.25) is 5.91 Å². The van der Waals surface area contributed by atoms with E-state index in [0.29, 0.717) is 24.9 Å². The topological polar surface area (TPSA) is 54.0 Å². The molecule has 1 saturated heterocycles. The van der Waals surface area contributed by atoms with Gasteiger partial charge in [0.25, 0.3) is 0 Å². The second-order valence-electron chi connectivity index (χ2n) is 6.53. The summed E-state index contributed by atoms with van der Waals surface area (Å²) >= 11 is 3.68. The summed E-state index contributed by atoms with van der Waals surface area (Å²) in [6.45, 7) is 1.72. The lowest BCUT2D eigenvalue weighted by molar-refractivity contribution is -0.121. The number of carbonyl (C=O) groups excluding carboxylic acids is 1. The van der Waals surface area contributed by atoms with Crippen LogP contribution in [0.5, 0.6) is 0 Å². The first-order valence-electron chi connectivity index (χ1n) is 8.83. The van der Waals surface area contributed by atoms with Crippen LogP contribution in [0, 0.1) is 0 Å². The Morgan fingerprint density at radius 1 is 1.35 bits per heavy atom. The monoisotopic (exact) mass is 353 g/mol. The number of hydrogen-bond acceptors (Lipinski definition) is 5. The summed E-state index contributed by atoms with van der Waals surface area (Å²) in [5.74, 6) is 3.04. The molecule has 4 nitrogen and oxygen atoms in total. The highest BCUT2D eigenvalue weighted by atomic mass is 32.2. The van der Waals surface area contributed by atoms with Gasteiger partial charge in [0.05, 0.1) is 10.7 Å². The zero-order valence-electron chi connectivity index (χ0n) is 13.7. The molecule has 6 heteroatoms. The van der Waals surface area contributed by atoms with E-state index in [2.05, 4.69) is 16.0 Å². The van der Waals surface area contributed by atoms with Crippen molar-refractivity contribution >= 4 is 29.0 Å². The van der Waals surface area contributed by atoms with E-state index in [9.17, 15) is 4.79 Å². The number of amides is 1. The minimum absolute atomic E-state index is 0.161. The zero-order valence-corrected chi connectivity index (χ0v) is 15.3. The first-order chi connectivity index (χ1) is 11.3. The molecule has 1 amide bonds. The second-order valence-corrected chi connectivity index (χ2v) is 8.62. The Bertz CT molecular complexity index is 494. The molecule has 128 valence electrons. The summed E-state index contributed by atoms with van der Waals surface area (Å²) in [5, 5.41) is 9.85. The first-order valence-corrected chi connectivity index (χ1v) is 10.9. The Balaban J connectivity index is 1.36. The van der Waals surface area contributed by atoms with Crippen molar-refractivity contribution in [1.29, 1.82) is 0 Å². The number of thioether (sulfide) groups is 1. The van der Waals surface area contributed by atoms with Gasteiger partial charge in [-0.05, 0) is 12.8 Å². The molecule has 1 unspecified atom stereocenters.